The summed E-state index contributed by atoms with van der Waals surface area (Å²) < 4.78 is 13.6. The number of hydrogen-bond acceptors (Lipinski definition) is 3. The van der Waals surface area contributed by atoms with Crippen LogP contribution in [0, 0.1) is 17.1 Å². The molecule has 1 heterocycles. The van der Waals surface area contributed by atoms with Gasteiger partial charge in [-0.05, 0) is 40.2 Å². The van der Waals surface area contributed by atoms with Crippen LogP contribution in [-0.4, -0.2) is 0 Å². The molecule has 2 nitrogen and oxygen atoms in total. The molecule has 0 aliphatic heterocycles. The lowest BCUT2D eigenvalue weighted by Gasteiger charge is -2.09. The van der Waals surface area contributed by atoms with Crippen LogP contribution in [0.4, 0.5) is 10.1 Å². The fraction of sp³-hybridized carbons (Fsp3) is 0.0833. The Bertz CT molecular complexity index is 598. The van der Waals surface area contributed by atoms with Crippen molar-refractivity contribution < 1.29 is 4.39 Å². The van der Waals surface area contributed by atoms with E-state index in [1.165, 1.54) is 23.5 Å². The van der Waals surface area contributed by atoms with E-state index >= 15 is 0 Å². The number of anilines is 1. The highest BCUT2D eigenvalue weighted by Crippen LogP contribution is 2.32. The fourth-order valence-corrected chi connectivity index (χ4v) is 3.12. The molecule has 0 spiro atoms. The van der Waals surface area contributed by atoms with Crippen LogP contribution in [0.3, 0.4) is 0 Å². The van der Waals surface area contributed by atoms with Gasteiger partial charge >= 0.3 is 0 Å². The third-order valence-electron chi connectivity index (χ3n) is 2.22. The summed E-state index contributed by atoms with van der Waals surface area (Å²) in [6.45, 7) is 0.538. The monoisotopic (exact) mass is 344 g/mol. The molecule has 6 heteroatoms. The summed E-state index contributed by atoms with van der Waals surface area (Å²) in [4.78, 5) is 1.68. The fourth-order valence-electron chi connectivity index (χ4n) is 1.42. The van der Waals surface area contributed by atoms with Crippen molar-refractivity contribution in [2.24, 2.45) is 0 Å². The second-order valence-corrected chi connectivity index (χ2v) is 5.91. The van der Waals surface area contributed by atoms with Crippen molar-refractivity contribution in [1.82, 2.24) is 0 Å². The second kappa shape index (κ2) is 5.70. The Morgan fingerprint density at radius 1 is 1.44 bits per heavy atom. The first-order valence-electron chi connectivity index (χ1n) is 4.97. The first kappa shape index (κ1) is 13.3. The second-order valence-electron chi connectivity index (χ2n) is 3.48. The molecule has 0 bridgehead atoms. The molecule has 0 fully saturated rings. The Kier molecular flexibility index (Phi) is 4.23. The van der Waals surface area contributed by atoms with Gasteiger partial charge in [0.2, 0.25) is 0 Å². The highest BCUT2D eigenvalue weighted by molar-refractivity contribution is 9.10. The molecule has 2 rings (SSSR count). The number of nitriles is 1. The summed E-state index contributed by atoms with van der Waals surface area (Å²) in [5.74, 6) is -0.389. The van der Waals surface area contributed by atoms with Gasteiger partial charge in [0.05, 0.1) is 10.7 Å². The summed E-state index contributed by atoms with van der Waals surface area (Å²) >= 11 is 10.6. The van der Waals surface area contributed by atoms with E-state index in [2.05, 4.69) is 27.3 Å². The lowest BCUT2D eigenvalue weighted by Crippen LogP contribution is -1.99. The van der Waals surface area contributed by atoms with Crippen LogP contribution in [0.15, 0.2) is 28.7 Å². The summed E-state index contributed by atoms with van der Waals surface area (Å²) in [5.41, 5.74) is 0.643. The molecule has 2 aromatic rings. The standard InChI is InChI=1S/C12H7BrClFN2S/c13-10-3-7(15)4-11(14)12(10)17-6-9-2-1-8(5-16)18-9/h1-4,17H,6H2. The molecular weight excluding hydrogens is 339 g/mol. The molecule has 0 unspecified atom stereocenters. The topological polar surface area (TPSA) is 35.8 Å². The van der Waals surface area contributed by atoms with E-state index in [1.807, 2.05) is 6.07 Å². The van der Waals surface area contributed by atoms with Crippen molar-refractivity contribution in [3.8, 4) is 6.07 Å². The third kappa shape index (κ3) is 3.02. The van der Waals surface area contributed by atoms with E-state index in [0.29, 0.717) is 26.6 Å². The molecule has 1 N–H and O–H groups in total. The SMILES string of the molecule is N#Cc1ccc(CNc2c(Cl)cc(F)cc2Br)s1. The van der Waals surface area contributed by atoms with Crippen molar-refractivity contribution in [3.63, 3.8) is 0 Å². The van der Waals surface area contributed by atoms with Gasteiger partial charge in [-0.1, -0.05) is 11.6 Å². The van der Waals surface area contributed by atoms with Crippen LogP contribution < -0.4 is 5.32 Å². The molecule has 0 saturated carbocycles. The van der Waals surface area contributed by atoms with Crippen molar-refractivity contribution >= 4 is 44.6 Å². The average Bonchev–Trinajstić information content (AvgIpc) is 2.75. The van der Waals surface area contributed by atoms with Crippen molar-refractivity contribution in [3.05, 3.63) is 49.3 Å². The Hall–Kier alpha value is -1.09. The first-order valence-corrected chi connectivity index (χ1v) is 6.96. The number of hydrogen-bond donors (Lipinski definition) is 1. The molecule has 0 radical (unpaired) electrons. The zero-order valence-corrected chi connectivity index (χ0v) is 12.2. The number of halogens is 3. The average molecular weight is 346 g/mol. The maximum absolute atomic E-state index is 13.0. The molecule has 92 valence electrons. The first-order chi connectivity index (χ1) is 8.60. The van der Waals surface area contributed by atoms with Crippen LogP contribution in [-0.2, 0) is 6.54 Å². The Balaban J connectivity index is 2.13. The molecule has 18 heavy (non-hydrogen) atoms. The smallest absolute Gasteiger partial charge is 0.125 e. The Labute approximate surface area is 121 Å². The van der Waals surface area contributed by atoms with Crippen molar-refractivity contribution in [2.75, 3.05) is 5.32 Å². The van der Waals surface area contributed by atoms with Gasteiger partial charge in [0, 0.05) is 15.9 Å². The number of rotatable bonds is 3. The molecule has 0 amide bonds. The highest BCUT2D eigenvalue weighted by atomic mass is 79.9. The van der Waals surface area contributed by atoms with Gasteiger partial charge in [0.15, 0.2) is 0 Å². The molecule has 0 saturated heterocycles. The zero-order chi connectivity index (χ0) is 13.1. The van der Waals surface area contributed by atoms with Crippen LogP contribution in [0.2, 0.25) is 5.02 Å². The van der Waals surface area contributed by atoms with Gasteiger partial charge in [-0.2, -0.15) is 5.26 Å². The number of nitrogens with zero attached hydrogens (tertiary/aromatic N) is 1. The van der Waals surface area contributed by atoms with Crippen LogP contribution in [0.5, 0.6) is 0 Å². The predicted molar refractivity (Wildman–Crippen MR) is 75.5 cm³/mol. The van der Waals surface area contributed by atoms with Crippen molar-refractivity contribution in [2.45, 2.75) is 6.54 Å². The maximum atomic E-state index is 13.0. The number of thiophene rings is 1. The largest absolute Gasteiger partial charge is 0.378 e. The normalized spacial score (nSPS) is 10.1. The van der Waals surface area contributed by atoms with E-state index in [9.17, 15) is 4.39 Å². The van der Waals surface area contributed by atoms with Crippen LogP contribution in [0.1, 0.15) is 9.75 Å². The molecule has 0 atom stereocenters. The summed E-state index contributed by atoms with van der Waals surface area (Å²) in [6.07, 6.45) is 0. The number of benzene rings is 1. The minimum atomic E-state index is -0.389. The lowest BCUT2D eigenvalue weighted by molar-refractivity contribution is 0.627. The van der Waals surface area contributed by atoms with Crippen LogP contribution >= 0.6 is 38.9 Å². The van der Waals surface area contributed by atoms with E-state index < -0.39 is 0 Å². The summed E-state index contributed by atoms with van der Waals surface area (Å²) in [7, 11) is 0. The summed E-state index contributed by atoms with van der Waals surface area (Å²) in [6, 6.07) is 8.33. The predicted octanol–water partition coefficient (Wildman–Crippen LogP) is 4.79. The molecule has 0 aliphatic carbocycles. The minimum absolute atomic E-state index is 0.318. The van der Waals surface area contributed by atoms with Gasteiger partial charge in [-0.15, -0.1) is 11.3 Å². The van der Waals surface area contributed by atoms with E-state index in [-0.39, 0.29) is 5.82 Å². The quantitative estimate of drug-likeness (QED) is 0.868. The highest BCUT2D eigenvalue weighted by Gasteiger charge is 2.08. The van der Waals surface area contributed by atoms with Gasteiger partial charge in [-0.3, -0.25) is 0 Å². The van der Waals surface area contributed by atoms with Crippen LogP contribution in [0.25, 0.3) is 0 Å². The van der Waals surface area contributed by atoms with Crippen molar-refractivity contribution in [1.29, 1.82) is 5.26 Å². The van der Waals surface area contributed by atoms with E-state index in [1.54, 1.807) is 6.07 Å². The van der Waals surface area contributed by atoms with Gasteiger partial charge in [-0.25, -0.2) is 4.39 Å². The molecule has 0 aliphatic rings. The molecule has 1 aromatic heterocycles. The van der Waals surface area contributed by atoms with Gasteiger partial charge in [0.25, 0.3) is 0 Å². The van der Waals surface area contributed by atoms with E-state index in [0.717, 1.165) is 4.88 Å². The minimum Gasteiger partial charge on any atom is -0.378 e. The maximum Gasteiger partial charge on any atom is 0.125 e. The third-order valence-corrected chi connectivity index (χ3v) is 4.13. The van der Waals surface area contributed by atoms with E-state index in [4.69, 9.17) is 16.9 Å². The Morgan fingerprint density at radius 3 is 2.83 bits per heavy atom. The zero-order valence-electron chi connectivity index (χ0n) is 9.01. The molecular formula is C12H7BrClFN2S. The summed E-state index contributed by atoms with van der Waals surface area (Å²) in [5, 5.41) is 12.2. The van der Waals surface area contributed by atoms with Gasteiger partial charge in [0.1, 0.15) is 16.8 Å². The number of nitrogens with one attached hydrogen (secondary N) is 1. The Morgan fingerprint density at radius 2 is 2.22 bits per heavy atom. The molecule has 1 aromatic carbocycles. The van der Waals surface area contributed by atoms with Gasteiger partial charge < -0.3 is 5.32 Å². The lowest BCUT2D eigenvalue weighted by atomic mass is 10.3.